The van der Waals surface area contributed by atoms with Crippen molar-refractivity contribution in [2.24, 2.45) is 0 Å². The van der Waals surface area contributed by atoms with Gasteiger partial charge in [-0.2, -0.15) is 0 Å². The molecule has 58 heavy (non-hydrogen) atoms. The first-order valence-electron chi connectivity index (χ1n) is 23.8. The normalized spacial score (nSPS) is 21.7. The fourth-order valence-electron chi connectivity index (χ4n) is 7.37. The van der Waals surface area contributed by atoms with E-state index in [1.165, 1.54) is 122 Å². The zero-order valence-electron chi connectivity index (χ0n) is 36.9. The van der Waals surface area contributed by atoms with Gasteiger partial charge in [-0.3, -0.25) is 4.79 Å². The predicted octanol–water partition coefficient (Wildman–Crippen LogP) is 9.03. The molecule has 10 nitrogen and oxygen atoms in total. The molecule has 1 aliphatic rings. The second-order valence-corrected chi connectivity index (χ2v) is 16.7. The molecule has 0 radical (unpaired) electrons. The number of amides is 1. The topological polar surface area (TPSA) is 169 Å². The molecule has 1 saturated heterocycles. The largest absolute Gasteiger partial charge is 0.394 e. The van der Waals surface area contributed by atoms with Crippen LogP contribution in [0.25, 0.3) is 0 Å². The van der Waals surface area contributed by atoms with Crippen LogP contribution >= 0.6 is 0 Å². The van der Waals surface area contributed by atoms with E-state index < -0.39 is 61.5 Å². The van der Waals surface area contributed by atoms with Crippen molar-refractivity contribution in [3.63, 3.8) is 0 Å². The number of ether oxygens (including phenoxy) is 2. The minimum atomic E-state index is -1.62. The number of hydrogen-bond donors (Lipinski definition) is 7. The van der Waals surface area contributed by atoms with E-state index in [9.17, 15) is 35.4 Å². The Balaban J connectivity index is 2.43. The summed E-state index contributed by atoms with van der Waals surface area (Å²) in [4.78, 5) is 13.0. The Morgan fingerprint density at radius 2 is 1.02 bits per heavy atom. The number of unbranched alkanes of at least 4 members (excludes halogenated alkanes) is 24. The first kappa shape index (κ1) is 54.4. The Morgan fingerprint density at radius 3 is 1.50 bits per heavy atom. The number of carbonyl (C=O) groups is 1. The van der Waals surface area contributed by atoms with Crippen molar-refractivity contribution in [2.75, 3.05) is 13.2 Å². The number of aliphatic hydroxyl groups is 6. The van der Waals surface area contributed by atoms with Crippen molar-refractivity contribution in [2.45, 2.75) is 249 Å². The Kier molecular flexibility index (Phi) is 35.9. The van der Waals surface area contributed by atoms with Gasteiger partial charge in [-0.05, 0) is 44.9 Å². The van der Waals surface area contributed by atoms with E-state index >= 15 is 0 Å². The van der Waals surface area contributed by atoms with Gasteiger partial charge in [0.15, 0.2) is 6.29 Å². The van der Waals surface area contributed by atoms with Crippen molar-refractivity contribution < 1.29 is 44.9 Å². The van der Waals surface area contributed by atoms with Gasteiger partial charge < -0.3 is 45.4 Å². The number of aliphatic hydroxyl groups excluding tert-OH is 6. The van der Waals surface area contributed by atoms with E-state index in [4.69, 9.17) is 9.47 Å². The molecular weight excluding hydrogens is 735 g/mol. The Hall–Kier alpha value is -1.63. The minimum absolute atomic E-state index is 0.303. The van der Waals surface area contributed by atoms with Gasteiger partial charge in [0.25, 0.3) is 0 Å². The molecule has 7 N–H and O–H groups in total. The molecule has 0 spiro atoms. The second-order valence-electron chi connectivity index (χ2n) is 16.7. The van der Waals surface area contributed by atoms with Crippen molar-refractivity contribution in [1.29, 1.82) is 0 Å². The minimum Gasteiger partial charge on any atom is -0.394 e. The highest BCUT2D eigenvalue weighted by molar-refractivity contribution is 5.80. The van der Waals surface area contributed by atoms with Gasteiger partial charge in [-0.1, -0.05) is 192 Å². The first-order valence-corrected chi connectivity index (χ1v) is 23.8. The molecule has 8 unspecified atom stereocenters. The maximum absolute atomic E-state index is 13.0. The molecule has 10 heteroatoms. The van der Waals surface area contributed by atoms with Crippen molar-refractivity contribution in [3.05, 3.63) is 36.5 Å². The molecule has 340 valence electrons. The molecule has 0 aliphatic carbocycles. The lowest BCUT2D eigenvalue weighted by molar-refractivity contribution is -0.302. The zero-order chi connectivity index (χ0) is 42.5. The average Bonchev–Trinajstić information content (AvgIpc) is 3.22. The summed E-state index contributed by atoms with van der Waals surface area (Å²) >= 11 is 0. The van der Waals surface area contributed by atoms with Gasteiger partial charge in [0.1, 0.15) is 30.5 Å². The van der Waals surface area contributed by atoms with Crippen LogP contribution in [0.2, 0.25) is 0 Å². The second kappa shape index (κ2) is 38.3. The SMILES string of the molecule is CCCCCCCC/C=C/CC/C=C/CC/C=C/C(O)C(COC1OC(CO)C(O)C(O)C1O)NC(=O)C(O)CCCCCCCCCCCCCCCCCCC. The van der Waals surface area contributed by atoms with Gasteiger partial charge in [-0.25, -0.2) is 0 Å². The monoisotopic (exact) mass is 824 g/mol. The highest BCUT2D eigenvalue weighted by atomic mass is 16.7. The molecule has 1 rings (SSSR count). The number of allylic oxidation sites excluding steroid dienone is 5. The molecule has 1 heterocycles. The van der Waals surface area contributed by atoms with Gasteiger partial charge in [0, 0.05) is 0 Å². The standard InChI is InChI=1S/C48H89NO9/c1-3-5-7-9-11-13-15-17-19-21-23-25-27-29-31-33-35-37-42(52)47(56)49-40(39-57-48-46(55)45(54)44(53)43(38-50)58-48)41(51)36-34-32-30-28-26-24-22-20-18-16-14-12-10-8-6-4-2/h18,20,26,28,34,36,40-46,48,50-55H,3-17,19,21-25,27,29-33,35,37-39H2,1-2H3,(H,49,56)/b20-18+,28-26+,36-34+. The summed E-state index contributed by atoms with van der Waals surface area (Å²) in [5.74, 6) is -0.629. The first-order chi connectivity index (χ1) is 28.3. The van der Waals surface area contributed by atoms with Crippen molar-refractivity contribution in [1.82, 2.24) is 5.32 Å². The summed E-state index contributed by atoms with van der Waals surface area (Å²) in [5.41, 5.74) is 0. The van der Waals surface area contributed by atoms with E-state index in [-0.39, 0.29) is 6.61 Å². The van der Waals surface area contributed by atoms with Gasteiger partial charge >= 0.3 is 0 Å². The summed E-state index contributed by atoms with van der Waals surface area (Å²) in [6, 6.07) is -1.00. The lowest BCUT2D eigenvalue weighted by atomic mass is 9.99. The molecule has 0 aromatic carbocycles. The van der Waals surface area contributed by atoms with Crippen LogP contribution < -0.4 is 5.32 Å². The van der Waals surface area contributed by atoms with E-state index in [1.807, 2.05) is 6.08 Å². The molecular formula is C48H89NO9. The molecule has 1 fully saturated rings. The molecule has 0 aromatic heterocycles. The van der Waals surface area contributed by atoms with Crippen LogP contribution in [0.3, 0.4) is 0 Å². The Morgan fingerprint density at radius 1 is 0.586 bits per heavy atom. The highest BCUT2D eigenvalue weighted by Crippen LogP contribution is 2.23. The van der Waals surface area contributed by atoms with E-state index in [1.54, 1.807) is 6.08 Å². The third-order valence-corrected chi connectivity index (χ3v) is 11.3. The Labute approximate surface area is 354 Å². The summed E-state index contributed by atoms with van der Waals surface area (Å²) in [6.07, 6.45) is 36.6. The molecule has 0 aromatic rings. The van der Waals surface area contributed by atoms with Crippen molar-refractivity contribution >= 4 is 5.91 Å². The predicted molar refractivity (Wildman–Crippen MR) is 236 cm³/mol. The third kappa shape index (κ3) is 28.0. The summed E-state index contributed by atoms with van der Waals surface area (Å²) in [7, 11) is 0. The fourth-order valence-corrected chi connectivity index (χ4v) is 7.37. The van der Waals surface area contributed by atoms with Crippen LogP contribution in [-0.4, -0.2) is 98.7 Å². The van der Waals surface area contributed by atoms with Crippen LogP contribution in [0.5, 0.6) is 0 Å². The van der Waals surface area contributed by atoms with E-state index in [2.05, 4.69) is 43.5 Å². The third-order valence-electron chi connectivity index (χ3n) is 11.3. The Bertz CT molecular complexity index is 1020. The fraction of sp³-hybridized carbons (Fsp3) is 0.854. The van der Waals surface area contributed by atoms with Gasteiger partial charge in [0.05, 0.1) is 25.4 Å². The maximum Gasteiger partial charge on any atom is 0.249 e. The molecule has 0 saturated carbocycles. The van der Waals surface area contributed by atoms with Crippen molar-refractivity contribution in [3.8, 4) is 0 Å². The summed E-state index contributed by atoms with van der Waals surface area (Å²) < 4.78 is 11.1. The highest BCUT2D eigenvalue weighted by Gasteiger charge is 2.44. The molecule has 1 amide bonds. The van der Waals surface area contributed by atoms with Crippen LogP contribution in [-0.2, 0) is 14.3 Å². The summed E-state index contributed by atoms with van der Waals surface area (Å²) in [5, 5.41) is 64.7. The van der Waals surface area contributed by atoms with Gasteiger partial charge in [-0.15, -0.1) is 0 Å². The quantitative estimate of drug-likeness (QED) is 0.0236. The molecule has 0 bridgehead atoms. The van der Waals surface area contributed by atoms with Crippen LogP contribution in [0.15, 0.2) is 36.5 Å². The number of nitrogens with one attached hydrogen (secondary N) is 1. The lowest BCUT2D eigenvalue weighted by Gasteiger charge is -2.40. The van der Waals surface area contributed by atoms with Crippen LogP contribution in [0.1, 0.15) is 200 Å². The average molecular weight is 824 g/mol. The molecule has 8 atom stereocenters. The lowest BCUT2D eigenvalue weighted by Crippen LogP contribution is -2.60. The zero-order valence-corrected chi connectivity index (χ0v) is 36.9. The maximum atomic E-state index is 13.0. The van der Waals surface area contributed by atoms with E-state index in [0.29, 0.717) is 19.3 Å². The number of rotatable bonds is 39. The van der Waals surface area contributed by atoms with Crippen LogP contribution in [0, 0.1) is 0 Å². The molecule has 1 aliphatic heterocycles. The number of carbonyl (C=O) groups excluding carboxylic acids is 1. The smallest absolute Gasteiger partial charge is 0.249 e. The van der Waals surface area contributed by atoms with Gasteiger partial charge in [0.2, 0.25) is 5.91 Å². The summed E-state index contributed by atoms with van der Waals surface area (Å²) in [6.45, 7) is 3.58. The van der Waals surface area contributed by atoms with E-state index in [0.717, 1.165) is 44.9 Å². The number of hydrogen-bond acceptors (Lipinski definition) is 9. The van der Waals surface area contributed by atoms with Crippen LogP contribution in [0.4, 0.5) is 0 Å².